The maximum absolute atomic E-state index is 11.4. The highest BCUT2D eigenvalue weighted by molar-refractivity contribution is 7.90. The van der Waals surface area contributed by atoms with Crippen LogP contribution in [0.3, 0.4) is 0 Å². The molecule has 0 radical (unpaired) electrons. The quantitative estimate of drug-likeness (QED) is 0.781. The fourth-order valence-corrected chi connectivity index (χ4v) is 2.37. The van der Waals surface area contributed by atoms with E-state index in [9.17, 15) is 8.42 Å². The molecule has 0 heterocycles. The van der Waals surface area contributed by atoms with E-state index in [2.05, 4.69) is 16.8 Å². The second-order valence-corrected chi connectivity index (χ2v) is 6.79. The summed E-state index contributed by atoms with van der Waals surface area (Å²) in [6.45, 7) is 3.70. The summed E-state index contributed by atoms with van der Waals surface area (Å²) >= 11 is 0. The average molecular weight is 315 g/mol. The summed E-state index contributed by atoms with van der Waals surface area (Å²) in [6.07, 6.45) is 2.89. The summed E-state index contributed by atoms with van der Waals surface area (Å²) in [5.41, 5.74) is 2.32. The van der Waals surface area contributed by atoms with Crippen molar-refractivity contribution in [1.82, 2.24) is 0 Å². The Labute approximate surface area is 130 Å². The molecule has 0 fully saturated rings. The molecule has 2 rings (SSSR count). The molecule has 2 aromatic carbocycles. The lowest BCUT2D eigenvalue weighted by atomic mass is 10.3. The summed E-state index contributed by atoms with van der Waals surface area (Å²) < 4.78 is 22.7. The van der Waals surface area contributed by atoms with E-state index in [1.807, 2.05) is 36.2 Å². The maximum atomic E-state index is 11.4. The van der Waals surface area contributed by atoms with Gasteiger partial charge in [-0.2, -0.15) is 10.2 Å². The lowest BCUT2D eigenvalue weighted by Crippen LogP contribution is -2.05. The van der Waals surface area contributed by atoms with Gasteiger partial charge in [0.15, 0.2) is 9.84 Å². The summed E-state index contributed by atoms with van der Waals surface area (Å²) in [4.78, 5) is 2.16. The molecule has 0 aromatic heterocycles. The SMILES string of the molecule is C=CN(C)c1ccc(/N=N\c2ccc(S(C)(=O)=O)cc2)cc1. The highest BCUT2D eigenvalue weighted by Crippen LogP contribution is 2.22. The molecule has 0 saturated heterocycles. The molecule has 0 spiro atoms. The Morgan fingerprint density at radius 2 is 1.41 bits per heavy atom. The Bertz CT molecular complexity index is 779. The first-order valence-corrected chi connectivity index (χ1v) is 8.46. The second-order valence-electron chi connectivity index (χ2n) is 4.78. The van der Waals surface area contributed by atoms with Gasteiger partial charge in [-0.1, -0.05) is 6.58 Å². The number of azo groups is 1. The zero-order chi connectivity index (χ0) is 16.2. The third-order valence-corrected chi connectivity index (χ3v) is 4.21. The van der Waals surface area contributed by atoms with E-state index in [-0.39, 0.29) is 4.90 Å². The number of benzene rings is 2. The monoisotopic (exact) mass is 315 g/mol. The van der Waals surface area contributed by atoms with Crippen LogP contribution in [0.15, 0.2) is 76.4 Å². The van der Waals surface area contributed by atoms with Crippen LogP contribution in [0.1, 0.15) is 0 Å². The third kappa shape index (κ3) is 4.02. The van der Waals surface area contributed by atoms with Crippen molar-refractivity contribution in [1.29, 1.82) is 0 Å². The predicted molar refractivity (Wildman–Crippen MR) is 88.8 cm³/mol. The average Bonchev–Trinajstić information content (AvgIpc) is 2.52. The first kappa shape index (κ1) is 15.9. The van der Waals surface area contributed by atoms with Gasteiger partial charge in [0.2, 0.25) is 0 Å². The van der Waals surface area contributed by atoms with Gasteiger partial charge in [0.05, 0.1) is 16.3 Å². The Kier molecular flexibility index (Phi) is 4.72. The molecule has 0 aliphatic carbocycles. The van der Waals surface area contributed by atoms with Gasteiger partial charge in [0.25, 0.3) is 0 Å². The van der Waals surface area contributed by atoms with E-state index in [0.717, 1.165) is 5.69 Å². The van der Waals surface area contributed by atoms with Crippen molar-refractivity contribution in [2.45, 2.75) is 4.90 Å². The molecule has 114 valence electrons. The van der Waals surface area contributed by atoms with Crippen LogP contribution < -0.4 is 4.90 Å². The minimum atomic E-state index is -3.19. The van der Waals surface area contributed by atoms with E-state index < -0.39 is 9.84 Å². The molecule has 0 saturated carbocycles. The molecule has 0 bridgehead atoms. The summed E-state index contributed by atoms with van der Waals surface area (Å²) in [7, 11) is -1.28. The Morgan fingerprint density at radius 3 is 1.82 bits per heavy atom. The molecule has 0 unspecified atom stereocenters. The van der Waals surface area contributed by atoms with Crippen molar-refractivity contribution in [2.75, 3.05) is 18.2 Å². The largest absolute Gasteiger partial charge is 0.352 e. The van der Waals surface area contributed by atoms with Crippen LogP contribution in [0.2, 0.25) is 0 Å². The molecule has 6 heteroatoms. The van der Waals surface area contributed by atoms with Gasteiger partial charge < -0.3 is 4.90 Å². The Balaban J connectivity index is 2.13. The Morgan fingerprint density at radius 1 is 0.955 bits per heavy atom. The van der Waals surface area contributed by atoms with Crippen LogP contribution in [0.4, 0.5) is 17.1 Å². The van der Waals surface area contributed by atoms with E-state index in [1.165, 1.54) is 18.4 Å². The van der Waals surface area contributed by atoms with Gasteiger partial charge >= 0.3 is 0 Å². The van der Waals surface area contributed by atoms with E-state index >= 15 is 0 Å². The topological polar surface area (TPSA) is 62.1 Å². The molecule has 0 aliphatic heterocycles. The van der Waals surface area contributed by atoms with Crippen molar-refractivity contribution in [2.24, 2.45) is 10.2 Å². The number of nitrogens with zero attached hydrogens (tertiary/aromatic N) is 3. The van der Waals surface area contributed by atoms with Crippen LogP contribution in [-0.2, 0) is 9.84 Å². The number of rotatable bonds is 5. The molecule has 2 aromatic rings. The lowest BCUT2D eigenvalue weighted by molar-refractivity contribution is 0.602. The summed E-state index contributed by atoms with van der Waals surface area (Å²) in [6, 6.07) is 13.8. The molecule has 0 atom stereocenters. The van der Waals surface area contributed by atoms with E-state index in [0.29, 0.717) is 11.4 Å². The number of sulfone groups is 1. The Hall–Kier alpha value is -2.47. The van der Waals surface area contributed by atoms with Crippen LogP contribution >= 0.6 is 0 Å². The van der Waals surface area contributed by atoms with Gasteiger partial charge in [-0.25, -0.2) is 8.42 Å². The molecule has 0 aliphatic rings. The number of hydrogen-bond acceptors (Lipinski definition) is 5. The summed E-state index contributed by atoms with van der Waals surface area (Å²) in [5, 5.41) is 8.22. The predicted octanol–water partition coefficient (Wildman–Crippen LogP) is 4.09. The van der Waals surface area contributed by atoms with Gasteiger partial charge in [-0.05, 0) is 54.7 Å². The minimum absolute atomic E-state index is 0.267. The van der Waals surface area contributed by atoms with Gasteiger partial charge in [0.1, 0.15) is 0 Å². The smallest absolute Gasteiger partial charge is 0.175 e. The third-order valence-electron chi connectivity index (χ3n) is 3.08. The van der Waals surface area contributed by atoms with Gasteiger partial charge in [-0.3, -0.25) is 0 Å². The van der Waals surface area contributed by atoms with Gasteiger partial charge in [-0.15, -0.1) is 0 Å². The normalized spacial score (nSPS) is 11.5. The molecular weight excluding hydrogens is 298 g/mol. The number of hydrogen-bond donors (Lipinski definition) is 0. The molecule has 0 N–H and O–H groups in total. The van der Waals surface area contributed by atoms with Gasteiger partial charge in [0, 0.05) is 19.0 Å². The zero-order valence-electron chi connectivity index (χ0n) is 12.5. The maximum Gasteiger partial charge on any atom is 0.175 e. The van der Waals surface area contributed by atoms with Crippen LogP contribution in [-0.4, -0.2) is 21.7 Å². The standard InChI is InChI=1S/C16H17N3O2S/c1-4-19(2)15-9-5-13(6-10-15)17-18-14-7-11-16(12-8-14)22(3,20)21/h4-12H,1H2,2-3H3/b18-17-. The molecule has 5 nitrogen and oxygen atoms in total. The zero-order valence-corrected chi connectivity index (χ0v) is 13.3. The van der Waals surface area contributed by atoms with Crippen LogP contribution in [0.25, 0.3) is 0 Å². The van der Waals surface area contributed by atoms with Crippen molar-refractivity contribution in [3.05, 3.63) is 61.3 Å². The van der Waals surface area contributed by atoms with E-state index in [1.54, 1.807) is 18.3 Å². The fourth-order valence-electron chi connectivity index (χ4n) is 1.74. The summed E-state index contributed by atoms with van der Waals surface area (Å²) in [5.74, 6) is 0. The van der Waals surface area contributed by atoms with Crippen LogP contribution in [0, 0.1) is 0 Å². The minimum Gasteiger partial charge on any atom is -0.352 e. The van der Waals surface area contributed by atoms with E-state index in [4.69, 9.17) is 0 Å². The fraction of sp³-hybridized carbons (Fsp3) is 0.125. The van der Waals surface area contributed by atoms with Crippen molar-refractivity contribution >= 4 is 26.9 Å². The lowest BCUT2D eigenvalue weighted by Gasteiger charge is -2.12. The molecule has 22 heavy (non-hydrogen) atoms. The first-order chi connectivity index (χ1) is 10.4. The highest BCUT2D eigenvalue weighted by atomic mass is 32.2. The van der Waals surface area contributed by atoms with Crippen LogP contribution in [0.5, 0.6) is 0 Å². The van der Waals surface area contributed by atoms with Crippen molar-refractivity contribution in [3.8, 4) is 0 Å². The number of anilines is 1. The highest BCUT2D eigenvalue weighted by Gasteiger charge is 2.05. The van der Waals surface area contributed by atoms with Crippen molar-refractivity contribution < 1.29 is 8.42 Å². The first-order valence-electron chi connectivity index (χ1n) is 6.57. The molecule has 0 amide bonds. The molecular formula is C16H17N3O2S. The second kappa shape index (κ2) is 6.53. The van der Waals surface area contributed by atoms with Crippen molar-refractivity contribution in [3.63, 3.8) is 0 Å².